The molecule has 0 aliphatic carbocycles. The van der Waals surface area contributed by atoms with Crippen LogP contribution < -0.4 is 9.03 Å². The van der Waals surface area contributed by atoms with E-state index in [1.165, 1.54) is 14.0 Å². The zero-order chi connectivity index (χ0) is 14.1. The Kier molecular flexibility index (Phi) is 4.30. The molecular formula is C9H15N3O4S2. The molecule has 1 heterocycles. The molecule has 0 spiro atoms. The molecule has 0 aromatic carbocycles. The molecule has 0 fully saturated rings. The zero-order valence-electron chi connectivity index (χ0n) is 10.5. The average Bonchev–Trinajstić information content (AvgIpc) is 2.56. The molecule has 0 aliphatic heterocycles. The standard InChI is InChI=1S/C9H15N3O4S2/c1-5(2)11-18(15,16)12(4)8-7(9(13)14)6(3)10-17-8/h5,11H,1-4H3,(H,13,14). The first kappa shape index (κ1) is 14.9. The Morgan fingerprint density at radius 2 is 2.06 bits per heavy atom. The van der Waals surface area contributed by atoms with E-state index in [-0.39, 0.29) is 16.6 Å². The van der Waals surface area contributed by atoms with E-state index in [1.807, 2.05) is 0 Å². The molecule has 1 aromatic rings. The van der Waals surface area contributed by atoms with Crippen LogP contribution in [0.1, 0.15) is 29.9 Å². The van der Waals surface area contributed by atoms with Gasteiger partial charge in [0, 0.05) is 13.1 Å². The van der Waals surface area contributed by atoms with Crippen LogP contribution in [0.15, 0.2) is 0 Å². The summed E-state index contributed by atoms with van der Waals surface area (Å²) >= 11 is 0.842. The van der Waals surface area contributed by atoms with Crippen LogP contribution in [-0.4, -0.2) is 37.0 Å². The van der Waals surface area contributed by atoms with E-state index in [1.54, 1.807) is 13.8 Å². The van der Waals surface area contributed by atoms with Crippen molar-refractivity contribution in [3.8, 4) is 0 Å². The van der Waals surface area contributed by atoms with Gasteiger partial charge in [-0.2, -0.15) is 17.5 Å². The maximum atomic E-state index is 11.9. The van der Waals surface area contributed by atoms with Crippen LogP contribution in [0.5, 0.6) is 0 Å². The van der Waals surface area contributed by atoms with Crippen molar-refractivity contribution in [2.75, 3.05) is 11.4 Å². The van der Waals surface area contributed by atoms with Crippen LogP contribution >= 0.6 is 11.5 Å². The van der Waals surface area contributed by atoms with E-state index >= 15 is 0 Å². The SMILES string of the molecule is Cc1nsc(N(C)S(=O)(=O)NC(C)C)c1C(=O)O. The van der Waals surface area contributed by atoms with Crippen molar-refractivity contribution in [2.45, 2.75) is 26.8 Å². The fourth-order valence-corrected chi connectivity index (χ4v) is 3.52. The molecule has 18 heavy (non-hydrogen) atoms. The Bertz CT molecular complexity index is 550. The van der Waals surface area contributed by atoms with Crippen molar-refractivity contribution in [3.63, 3.8) is 0 Å². The molecular weight excluding hydrogens is 278 g/mol. The number of nitrogens with one attached hydrogen (secondary N) is 1. The molecule has 1 aromatic heterocycles. The number of hydrogen-bond acceptors (Lipinski definition) is 5. The predicted octanol–water partition coefficient (Wildman–Crippen LogP) is 0.829. The number of rotatable bonds is 5. The van der Waals surface area contributed by atoms with Gasteiger partial charge >= 0.3 is 16.2 Å². The van der Waals surface area contributed by atoms with Gasteiger partial charge in [-0.25, -0.2) is 9.10 Å². The molecule has 0 aliphatic rings. The molecule has 0 amide bonds. The summed E-state index contributed by atoms with van der Waals surface area (Å²) in [4.78, 5) is 11.1. The summed E-state index contributed by atoms with van der Waals surface area (Å²) < 4.78 is 31.0. The summed E-state index contributed by atoms with van der Waals surface area (Å²) in [6, 6.07) is -0.278. The van der Waals surface area contributed by atoms with Crippen LogP contribution in [0.25, 0.3) is 0 Å². The minimum absolute atomic E-state index is 0.0865. The van der Waals surface area contributed by atoms with Crippen LogP contribution in [0.3, 0.4) is 0 Å². The molecule has 0 radical (unpaired) electrons. The minimum Gasteiger partial charge on any atom is -0.478 e. The number of carbonyl (C=O) groups is 1. The Morgan fingerprint density at radius 3 is 2.50 bits per heavy atom. The minimum atomic E-state index is -3.76. The number of carboxylic acids is 1. The van der Waals surface area contributed by atoms with Crippen molar-refractivity contribution < 1.29 is 18.3 Å². The topological polar surface area (TPSA) is 99.6 Å². The van der Waals surface area contributed by atoms with E-state index in [0.29, 0.717) is 5.69 Å². The Hall–Kier alpha value is -1.19. The molecule has 9 heteroatoms. The van der Waals surface area contributed by atoms with E-state index in [2.05, 4.69) is 9.10 Å². The highest BCUT2D eigenvalue weighted by molar-refractivity contribution is 7.91. The van der Waals surface area contributed by atoms with Gasteiger partial charge in [-0.1, -0.05) is 0 Å². The molecule has 0 saturated carbocycles. The average molecular weight is 293 g/mol. The summed E-state index contributed by atoms with van der Waals surface area (Å²) in [5.74, 6) is -1.19. The van der Waals surface area contributed by atoms with Gasteiger partial charge in [0.05, 0.1) is 5.69 Å². The maximum Gasteiger partial charge on any atom is 0.340 e. The van der Waals surface area contributed by atoms with E-state index in [4.69, 9.17) is 5.11 Å². The van der Waals surface area contributed by atoms with Crippen LogP contribution in [0.4, 0.5) is 5.00 Å². The molecule has 7 nitrogen and oxygen atoms in total. The van der Waals surface area contributed by atoms with Gasteiger partial charge in [0.25, 0.3) is 0 Å². The van der Waals surface area contributed by atoms with Crippen LogP contribution in [0.2, 0.25) is 0 Å². The van der Waals surface area contributed by atoms with Crippen molar-refractivity contribution in [3.05, 3.63) is 11.3 Å². The van der Waals surface area contributed by atoms with Gasteiger partial charge in [0.15, 0.2) is 0 Å². The van der Waals surface area contributed by atoms with Gasteiger partial charge in [-0.3, -0.25) is 0 Å². The highest BCUT2D eigenvalue weighted by Crippen LogP contribution is 2.29. The van der Waals surface area contributed by atoms with Gasteiger partial charge in [0.1, 0.15) is 10.6 Å². The lowest BCUT2D eigenvalue weighted by Gasteiger charge is -2.20. The summed E-state index contributed by atoms with van der Waals surface area (Å²) in [6.07, 6.45) is 0. The van der Waals surface area contributed by atoms with Crippen molar-refractivity contribution >= 4 is 32.7 Å². The number of nitrogens with zero attached hydrogens (tertiary/aromatic N) is 2. The number of aromatic nitrogens is 1. The lowest BCUT2D eigenvalue weighted by Crippen LogP contribution is -2.41. The maximum absolute atomic E-state index is 11.9. The normalized spacial score (nSPS) is 11.8. The molecule has 0 bridgehead atoms. The van der Waals surface area contributed by atoms with E-state index in [9.17, 15) is 13.2 Å². The number of hydrogen-bond donors (Lipinski definition) is 2. The Labute approximate surface area is 110 Å². The highest BCUT2D eigenvalue weighted by Gasteiger charge is 2.27. The lowest BCUT2D eigenvalue weighted by atomic mass is 10.2. The third-order valence-corrected chi connectivity index (χ3v) is 4.89. The van der Waals surface area contributed by atoms with Crippen molar-refractivity contribution in [2.24, 2.45) is 0 Å². The summed E-state index contributed by atoms with van der Waals surface area (Å²) in [6.45, 7) is 4.89. The van der Waals surface area contributed by atoms with Gasteiger partial charge in [0.2, 0.25) is 0 Å². The molecule has 0 unspecified atom stereocenters. The number of aromatic carboxylic acids is 1. The summed E-state index contributed by atoms with van der Waals surface area (Å²) in [5, 5.41) is 9.15. The number of aryl methyl sites for hydroxylation is 1. The fraction of sp³-hybridized carbons (Fsp3) is 0.556. The second kappa shape index (κ2) is 5.21. The van der Waals surface area contributed by atoms with Gasteiger partial charge in [-0.15, -0.1) is 0 Å². The fourth-order valence-electron chi connectivity index (χ4n) is 1.30. The lowest BCUT2D eigenvalue weighted by molar-refractivity contribution is 0.0697. The first-order chi connectivity index (χ1) is 8.16. The first-order valence-corrected chi connectivity index (χ1v) is 7.34. The number of anilines is 1. The molecule has 1 rings (SSSR count). The molecule has 2 N–H and O–H groups in total. The van der Waals surface area contributed by atoms with Gasteiger partial charge in [-0.05, 0) is 32.3 Å². The molecule has 0 atom stereocenters. The van der Waals surface area contributed by atoms with Crippen LogP contribution in [-0.2, 0) is 10.2 Å². The third-order valence-electron chi connectivity index (χ3n) is 2.09. The molecule has 0 saturated heterocycles. The second-order valence-electron chi connectivity index (χ2n) is 4.00. The smallest absolute Gasteiger partial charge is 0.340 e. The predicted molar refractivity (Wildman–Crippen MR) is 69.4 cm³/mol. The summed E-state index contributed by atoms with van der Waals surface area (Å²) in [7, 11) is -2.47. The van der Waals surface area contributed by atoms with Crippen molar-refractivity contribution in [1.82, 2.24) is 9.10 Å². The zero-order valence-corrected chi connectivity index (χ0v) is 12.1. The Morgan fingerprint density at radius 1 is 1.50 bits per heavy atom. The quantitative estimate of drug-likeness (QED) is 0.837. The highest BCUT2D eigenvalue weighted by atomic mass is 32.2. The van der Waals surface area contributed by atoms with Gasteiger partial charge < -0.3 is 5.11 Å². The molecule has 102 valence electrons. The largest absolute Gasteiger partial charge is 0.478 e. The first-order valence-electron chi connectivity index (χ1n) is 5.12. The third kappa shape index (κ3) is 2.98. The van der Waals surface area contributed by atoms with Crippen molar-refractivity contribution in [1.29, 1.82) is 0 Å². The van der Waals surface area contributed by atoms with E-state index in [0.717, 1.165) is 15.8 Å². The Balaban J connectivity index is 3.20. The summed E-state index contributed by atoms with van der Waals surface area (Å²) in [5.41, 5.74) is 0.214. The van der Waals surface area contributed by atoms with Crippen LogP contribution in [0, 0.1) is 6.92 Å². The van der Waals surface area contributed by atoms with E-state index < -0.39 is 16.2 Å². The second-order valence-corrected chi connectivity index (χ2v) is 6.48. The number of carboxylic acid groups (broad SMARTS) is 1. The monoisotopic (exact) mass is 293 g/mol.